The maximum absolute atomic E-state index is 10.4. The fraction of sp³-hybridized carbons (Fsp3) is 0.500. The summed E-state index contributed by atoms with van der Waals surface area (Å²) in [7, 11) is 0. The Kier molecular flexibility index (Phi) is 7.63. The van der Waals surface area contributed by atoms with Crippen LogP contribution in [0.4, 0.5) is 0 Å². The summed E-state index contributed by atoms with van der Waals surface area (Å²) in [5.74, 6) is 0.820. The Morgan fingerprint density at radius 1 is 0.963 bits per heavy atom. The van der Waals surface area contributed by atoms with Crippen LogP contribution in [0.3, 0.4) is 0 Å². The average molecular weight is 370 g/mol. The van der Waals surface area contributed by atoms with Crippen LogP contribution in [0.15, 0.2) is 48.8 Å². The van der Waals surface area contributed by atoms with E-state index in [-0.39, 0.29) is 6.61 Å². The third-order valence-corrected chi connectivity index (χ3v) is 5.14. The number of fused-ring (bicyclic) bond motifs is 1. The Labute approximate surface area is 161 Å². The SMILES string of the molecule is O[C@@H]1COc2ccccc2CCCCCN(Cc2ccncc2)CC[C@@H]1O. The molecule has 0 bridgehead atoms. The minimum absolute atomic E-state index is 0.114. The van der Waals surface area contributed by atoms with Crippen molar-refractivity contribution in [3.8, 4) is 5.75 Å². The largest absolute Gasteiger partial charge is 0.491 e. The lowest BCUT2D eigenvalue weighted by atomic mass is 10.0. The van der Waals surface area contributed by atoms with Gasteiger partial charge >= 0.3 is 0 Å². The molecule has 0 spiro atoms. The number of hydrogen-bond donors (Lipinski definition) is 2. The second kappa shape index (κ2) is 10.4. The zero-order chi connectivity index (χ0) is 18.9. The lowest BCUT2D eigenvalue weighted by molar-refractivity contribution is -0.0163. The minimum Gasteiger partial charge on any atom is -0.491 e. The van der Waals surface area contributed by atoms with Crippen LogP contribution < -0.4 is 4.74 Å². The third kappa shape index (κ3) is 6.31. The first-order chi connectivity index (χ1) is 13.2. The first kappa shape index (κ1) is 19.8. The molecule has 146 valence electrons. The predicted molar refractivity (Wildman–Crippen MR) is 106 cm³/mol. The third-order valence-electron chi connectivity index (χ3n) is 5.14. The van der Waals surface area contributed by atoms with Crippen molar-refractivity contribution in [3.05, 3.63) is 59.9 Å². The Bertz CT molecular complexity index is 680. The zero-order valence-corrected chi connectivity index (χ0v) is 15.8. The lowest BCUT2D eigenvalue weighted by Gasteiger charge is -2.26. The fourth-order valence-corrected chi connectivity index (χ4v) is 3.49. The van der Waals surface area contributed by atoms with Crippen molar-refractivity contribution < 1.29 is 14.9 Å². The van der Waals surface area contributed by atoms with E-state index in [1.54, 1.807) is 0 Å². The minimum atomic E-state index is -0.885. The first-order valence-corrected chi connectivity index (χ1v) is 9.90. The van der Waals surface area contributed by atoms with E-state index >= 15 is 0 Å². The summed E-state index contributed by atoms with van der Waals surface area (Å²) < 4.78 is 5.81. The van der Waals surface area contributed by atoms with Gasteiger partial charge in [0.2, 0.25) is 0 Å². The number of aliphatic hydroxyl groups is 2. The molecule has 0 amide bonds. The van der Waals surface area contributed by atoms with Crippen molar-refractivity contribution in [3.63, 3.8) is 0 Å². The molecule has 0 unspecified atom stereocenters. The van der Waals surface area contributed by atoms with Crippen LogP contribution in [0, 0.1) is 0 Å². The number of ether oxygens (including phenoxy) is 1. The molecular formula is C22H30N2O3. The normalized spacial score (nSPS) is 23.0. The predicted octanol–water partition coefficient (Wildman–Crippen LogP) is 2.80. The monoisotopic (exact) mass is 370 g/mol. The second-order valence-corrected chi connectivity index (χ2v) is 7.28. The molecule has 5 heteroatoms. The number of para-hydroxylation sites is 1. The summed E-state index contributed by atoms with van der Waals surface area (Å²) in [4.78, 5) is 6.43. The van der Waals surface area contributed by atoms with Gasteiger partial charge in [-0.05, 0) is 61.6 Å². The van der Waals surface area contributed by atoms with Gasteiger partial charge in [-0.25, -0.2) is 0 Å². The molecule has 27 heavy (non-hydrogen) atoms. The van der Waals surface area contributed by atoms with Gasteiger partial charge in [0.1, 0.15) is 18.5 Å². The molecule has 1 aromatic carbocycles. The van der Waals surface area contributed by atoms with Gasteiger partial charge in [-0.15, -0.1) is 0 Å². The van der Waals surface area contributed by atoms with Crippen molar-refractivity contribution in [2.45, 2.75) is 50.9 Å². The van der Waals surface area contributed by atoms with E-state index in [9.17, 15) is 10.2 Å². The quantitative estimate of drug-likeness (QED) is 0.851. The van der Waals surface area contributed by atoms with Crippen LogP contribution in [0.1, 0.15) is 36.8 Å². The summed E-state index contributed by atoms with van der Waals surface area (Å²) in [5.41, 5.74) is 2.39. The molecule has 3 rings (SSSR count). The molecule has 2 heterocycles. The fourth-order valence-electron chi connectivity index (χ4n) is 3.49. The molecule has 1 aliphatic rings. The highest BCUT2D eigenvalue weighted by Gasteiger charge is 2.19. The van der Waals surface area contributed by atoms with Gasteiger partial charge in [-0.2, -0.15) is 0 Å². The Morgan fingerprint density at radius 3 is 2.63 bits per heavy atom. The summed E-state index contributed by atoms with van der Waals surface area (Å²) in [6, 6.07) is 12.0. The van der Waals surface area contributed by atoms with Crippen LogP contribution in [0.2, 0.25) is 0 Å². The number of rotatable bonds is 2. The number of hydrogen-bond acceptors (Lipinski definition) is 5. The van der Waals surface area contributed by atoms with Crippen molar-refractivity contribution in [1.29, 1.82) is 0 Å². The van der Waals surface area contributed by atoms with E-state index in [2.05, 4.69) is 16.0 Å². The van der Waals surface area contributed by atoms with Gasteiger partial charge in [0.15, 0.2) is 0 Å². The molecule has 1 aromatic heterocycles. The molecule has 0 aliphatic carbocycles. The molecule has 0 fully saturated rings. The van der Waals surface area contributed by atoms with Crippen LogP contribution >= 0.6 is 0 Å². The molecule has 2 aromatic rings. The van der Waals surface area contributed by atoms with E-state index in [0.717, 1.165) is 51.1 Å². The summed E-state index contributed by atoms with van der Waals surface area (Å²) in [6.45, 7) is 2.69. The summed E-state index contributed by atoms with van der Waals surface area (Å²) >= 11 is 0. The highest BCUT2D eigenvalue weighted by atomic mass is 16.5. The van der Waals surface area contributed by atoms with Gasteiger partial charge in [-0.1, -0.05) is 24.6 Å². The number of aliphatic hydroxyl groups excluding tert-OH is 2. The standard InChI is InChI=1S/C22H30N2O3/c25-20-11-15-24(16-18-9-12-23-13-10-18)14-5-1-2-6-19-7-3-4-8-22(19)27-17-21(20)26/h3-4,7-10,12-13,20-21,25-26H,1-2,5-6,11,14-17H2/t20-,21+/m0/s1. The van der Waals surface area contributed by atoms with Crippen LogP contribution in [-0.4, -0.2) is 52.0 Å². The van der Waals surface area contributed by atoms with Crippen LogP contribution in [0.25, 0.3) is 0 Å². The zero-order valence-electron chi connectivity index (χ0n) is 15.8. The molecular weight excluding hydrogens is 340 g/mol. The highest BCUT2D eigenvalue weighted by molar-refractivity contribution is 5.33. The molecule has 1 aliphatic heterocycles. The molecule has 5 nitrogen and oxygen atoms in total. The van der Waals surface area contributed by atoms with Crippen molar-refractivity contribution >= 4 is 0 Å². The van der Waals surface area contributed by atoms with E-state index in [4.69, 9.17) is 4.74 Å². The van der Waals surface area contributed by atoms with Crippen LogP contribution in [-0.2, 0) is 13.0 Å². The number of aromatic nitrogens is 1. The second-order valence-electron chi connectivity index (χ2n) is 7.28. The molecule has 2 atom stereocenters. The van der Waals surface area contributed by atoms with Gasteiger partial charge in [-0.3, -0.25) is 9.88 Å². The van der Waals surface area contributed by atoms with Gasteiger partial charge in [0, 0.05) is 25.5 Å². The lowest BCUT2D eigenvalue weighted by Crippen LogP contribution is -2.36. The summed E-state index contributed by atoms with van der Waals surface area (Å²) in [6.07, 6.45) is 6.84. The Hall–Kier alpha value is -1.95. The van der Waals surface area contributed by atoms with E-state index in [0.29, 0.717) is 6.42 Å². The van der Waals surface area contributed by atoms with E-state index in [1.165, 1.54) is 11.1 Å². The summed E-state index contributed by atoms with van der Waals surface area (Å²) in [5, 5.41) is 20.6. The smallest absolute Gasteiger partial charge is 0.122 e. The highest BCUT2D eigenvalue weighted by Crippen LogP contribution is 2.21. The van der Waals surface area contributed by atoms with Crippen LogP contribution in [0.5, 0.6) is 5.75 Å². The van der Waals surface area contributed by atoms with Crippen molar-refractivity contribution in [2.24, 2.45) is 0 Å². The first-order valence-electron chi connectivity index (χ1n) is 9.90. The van der Waals surface area contributed by atoms with Crippen molar-refractivity contribution in [1.82, 2.24) is 9.88 Å². The molecule has 0 radical (unpaired) electrons. The topological polar surface area (TPSA) is 65.8 Å². The number of aryl methyl sites for hydroxylation is 1. The molecule has 2 N–H and O–H groups in total. The van der Waals surface area contributed by atoms with Gasteiger partial charge in [0.25, 0.3) is 0 Å². The molecule has 0 saturated carbocycles. The van der Waals surface area contributed by atoms with E-state index < -0.39 is 12.2 Å². The van der Waals surface area contributed by atoms with Gasteiger partial charge in [0.05, 0.1) is 6.10 Å². The Balaban J connectivity index is 1.65. The number of nitrogens with zero attached hydrogens (tertiary/aromatic N) is 2. The maximum atomic E-state index is 10.4. The number of benzene rings is 1. The van der Waals surface area contributed by atoms with E-state index in [1.807, 2.05) is 42.7 Å². The Morgan fingerprint density at radius 2 is 1.78 bits per heavy atom. The van der Waals surface area contributed by atoms with Crippen molar-refractivity contribution in [2.75, 3.05) is 19.7 Å². The average Bonchev–Trinajstić information content (AvgIpc) is 2.70. The number of pyridine rings is 1. The van der Waals surface area contributed by atoms with Gasteiger partial charge < -0.3 is 14.9 Å². The maximum Gasteiger partial charge on any atom is 0.122 e. The molecule has 0 saturated heterocycles.